The van der Waals surface area contributed by atoms with E-state index in [1.165, 1.54) is 4.90 Å². The van der Waals surface area contributed by atoms with E-state index in [9.17, 15) is 4.79 Å². The van der Waals surface area contributed by atoms with Crippen LogP contribution in [0, 0.1) is 5.41 Å². The number of carbonyl (C=O) groups is 1. The number of carbonyl (C=O) groups excluding carboxylic acids is 1. The molecule has 0 aromatic rings. The van der Waals surface area contributed by atoms with E-state index < -0.39 is 0 Å². The highest BCUT2D eigenvalue weighted by atomic mass is 16.6. The highest BCUT2D eigenvalue weighted by molar-refractivity contribution is 5.66. The van der Waals surface area contributed by atoms with Crippen molar-refractivity contribution in [2.45, 2.75) is 33.8 Å². The Labute approximate surface area is 74.7 Å². The molecule has 12 heavy (non-hydrogen) atoms. The Bertz CT molecular complexity index is 158. The maximum absolute atomic E-state index is 11.1. The molecule has 0 spiro atoms. The predicted octanol–water partition coefficient (Wildman–Crippen LogP) is 2.12. The Hall–Kier alpha value is -0.730. The second kappa shape index (κ2) is 3.78. The van der Waals surface area contributed by atoms with Gasteiger partial charge in [-0.05, 0) is 12.3 Å². The summed E-state index contributed by atoms with van der Waals surface area (Å²) in [5, 5.41) is 0. The van der Waals surface area contributed by atoms with Gasteiger partial charge < -0.3 is 9.64 Å². The van der Waals surface area contributed by atoms with Gasteiger partial charge in [0.1, 0.15) is 6.10 Å². The molecule has 0 heterocycles. The van der Waals surface area contributed by atoms with E-state index in [-0.39, 0.29) is 17.6 Å². The van der Waals surface area contributed by atoms with Gasteiger partial charge >= 0.3 is 6.09 Å². The molecule has 0 aromatic carbocycles. The third kappa shape index (κ3) is 3.60. The van der Waals surface area contributed by atoms with Gasteiger partial charge in [0, 0.05) is 14.1 Å². The first-order chi connectivity index (χ1) is 5.25. The van der Waals surface area contributed by atoms with Gasteiger partial charge in [0.15, 0.2) is 0 Å². The molecule has 0 unspecified atom stereocenters. The summed E-state index contributed by atoms with van der Waals surface area (Å²) in [6, 6.07) is 0. The highest BCUT2D eigenvalue weighted by Crippen LogP contribution is 2.21. The van der Waals surface area contributed by atoms with E-state index in [0.29, 0.717) is 0 Å². The molecule has 0 rings (SSSR count). The normalized spacial score (nSPS) is 13.8. The van der Waals surface area contributed by atoms with Gasteiger partial charge in [-0.1, -0.05) is 20.8 Å². The first-order valence-electron chi connectivity index (χ1n) is 4.13. The van der Waals surface area contributed by atoms with Crippen molar-refractivity contribution >= 4 is 6.09 Å². The molecule has 0 fully saturated rings. The molecule has 0 aliphatic heterocycles. The van der Waals surface area contributed by atoms with Gasteiger partial charge in [-0.25, -0.2) is 4.79 Å². The minimum absolute atomic E-state index is 0.00562. The second-order valence-corrected chi connectivity index (χ2v) is 4.29. The van der Waals surface area contributed by atoms with Crippen LogP contribution in [0.5, 0.6) is 0 Å². The van der Waals surface area contributed by atoms with Gasteiger partial charge in [-0.2, -0.15) is 0 Å². The van der Waals surface area contributed by atoms with Crippen LogP contribution in [-0.4, -0.2) is 31.2 Å². The Kier molecular flexibility index (Phi) is 3.55. The Balaban J connectivity index is 4.02. The summed E-state index contributed by atoms with van der Waals surface area (Å²) in [4.78, 5) is 12.5. The average molecular weight is 173 g/mol. The summed E-state index contributed by atoms with van der Waals surface area (Å²) in [5.41, 5.74) is 0.00562. The van der Waals surface area contributed by atoms with E-state index >= 15 is 0 Å². The summed E-state index contributed by atoms with van der Waals surface area (Å²) in [5.74, 6) is 0. The molecule has 0 aliphatic carbocycles. The van der Waals surface area contributed by atoms with Gasteiger partial charge in [-0.15, -0.1) is 0 Å². The van der Waals surface area contributed by atoms with Crippen molar-refractivity contribution in [2.24, 2.45) is 5.41 Å². The molecule has 0 saturated carbocycles. The number of ether oxygens (including phenoxy) is 1. The molecule has 0 saturated heterocycles. The highest BCUT2D eigenvalue weighted by Gasteiger charge is 2.24. The van der Waals surface area contributed by atoms with E-state index in [4.69, 9.17) is 4.74 Å². The average Bonchev–Trinajstić information content (AvgIpc) is 1.85. The molecule has 1 amide bonds. The van der Waals surface area contributed by atoms with Crippen molar-refractivity contribution in [3.05, 3.63) is 0 Å². The van der Waals surface area contributed by atoms with E-state index in [2.05, 4.69) is 0 Å². The minimum Gasteiger partial charge on any atom is -0.446 e. The van der Waals surface area contributed by atoms with Gasteiger partial charge in [-0.3, -0.25) is 0 Å². The van der Waals surface area contributed by atoms with Crippen LogP contribution in [0.1, 0.15) is 27.7 Å². The zero-order chi connectivity index (χ0) is 9.94. The lowest BCUT2D eigenvalue weighted by atomic mass is 9.90. The van der Waals surface area contributed by atoms with Crippen molar-refractivity contribution in [3.8, 4) is 0 Å². The molecular formula is C9H19NO2. The van der Waals surface area contributed by atoms with Crippen molar-refractivity contribution in [3.63, 3.8) is 0 Å². The summed E-state index contributed by atoms with van der Waals surface area (Å²) in [7, 11) is 3.36. The topological polar surface area (TPSA) is 29.5 Å². The standard InChI is InChI=1S/C9H19NO2/c1-7(9(2,3)4)12-8(11)10(5)6/h7H,1-6H3/t7-/m0/s1. The number of amides is 1. The van der Waals surface area contributed by atoms with Crippen LogP contribution in [0.25, 0.3) is 0 Å². The zero-order valence-corrected chi connectivity index (χ0v) is 8.84. The SMILES string of the molecule is C[C@H](OC(=O)N(C)C)C(C)(C)C. The van der Waals surface area contributed by atoms with E-state index in [1.807, 2.05) is 27.7 Å². The lowest BCUT2D eigenvalue weighted by Crippen LogP contribution is -2.33. The zero-order valence-electron chi connectivity index (χ0n) is 8.84. The third-order valence-corrected chi connectivity index (χ3v) is 1.86. The molecule has 3 heteroatoms. The number of hydrogen-bond donors (Lipinski definition) is 0. The molecule has 0 N–H and O–H groups in total. The second-order valence-electron chi connectivity index (χ2n) is 4.29. The summed E-state index contributed by atoms with van der Waals surface area (Å²) >= 11 is 0. The van der Waals surface area contributed by atoms with Gasteiger partial charge in [0.05, 0.1) is 0 Å². The number of rotatable bonds is 1. The van der Waals surface area contributed by atoms with E-state index in [0.717, 1.165) is 0 Å². The number of nitrogens with zero attached hydrogens (tertiary/aromatic N) is 1. The van der Waals surface area contributed by atoms with Crippen LogP contribution < -0.4 is 0 Å². The summed E-state index contributed by atoms with van der Waals surface area (Å²) in [6.07, 6.45) is -0.343. The predicted molar refractivity (Wildman–Crippen MR) is 49.1 cm³/mol. The maximum atomic E-state index is 11.1. The van der Waals surface area contributed by atoms with Gasteiger partial charge in [0.25, 0.3) is 0 Å². The fourth-order valence-electron chi connectivity index (χ4n) is 0.433. The molecule has 1 atom stereocenters. The maximum Gasteiger partial charge on any atom is 0.409 e. The molecule has 0 aromatic heterocycles. The van der Waals surface area contributed by atoms with Crippen LogP contribution in [0.2, 0.25) is 0 Å². The summed E-state index contributed by atoms with van der Waals surface area (Å²) in [6.45, 7) is 8.03. The molecular weight excluding hydrogens is 154 g/mol. The van der Waals surface area contributed by atoms with Crippen molar-refractivity contribution in [1.29, 1.82) is 0 Å². The number of hydrogen-bond acceptors (Lipinski definition) is 2. The smallest absolute Gasteiger partial charge is 0.409 e. The molecule has 0 bridgehead atoms. The lowest BCUT2D eigenvalue weighted by Gasteiger charge is -2.27. The Morgan fingerprint density at radius 1 is 1.33 bits per heavy atom. The quantitative estimate of drug-likeness (QED) is 0.608. The van der Waals surface area contributed by atoms with Crippen LogP contribution in [0.15, 0.2) is 0 Å². The van der Waals surface area contributed by atoms with E-state index in [1.54, 1.807) is 14.1 Å². The molecule has 3 nitrogen and oxygen atoms in total. The molecule has 0 aliphatic rings. The summed E-state index contributed by atoms with van der Waals surface area (Å²) < 4.78 is 5.16. The van der Waals surface area contributed by atoms with Crippen LogP contribution in [-0.2, 0) is 4.74 Å². The van der Waals surface area contributed by atoms with Crippen molar-refractivity contribution in [2.75, 3.05) is 14.1 Å². The van der Waals surface area contributed by atoms with Crippen LogP contribution in [0.4, 0.5) is 4.79 Å². The lowest BCUT2D eigenvalue weighted by molar-refractivity contribution is 0.0281. The fourth-order valence-corrected chi connectivity index (χ4v) is 0.433. The minimum atomic E-state index is -0.280. The first kappa shape index (κ1) is 11.3. The Morgan fingerprint density at radius 2 is 1.75 bits per heavy atom. The molecule has 72 valence electrons. The first-order valence-corrected chi connectivity index (χ1v) is 4.13. The van der Waals surface area contributed by atoms with Crippen molar-refractivity contribution in [1.82, 2.24) is 4.90 Å². The largest absolute Gasteiger partial charge is 0.446 e. The monoisotopic (exact) mass is 173 g/mol. The molecule has 0 radical (unpaired) electrons. The fraction of sp³-hybridized carbons (Fsp3) is 0.889. The third-order valence-electron chi connectivity index (χ3n) is 1.86. The van der Waals surface area contributed by atoms with Gasteiger partial charge in [0.2, 0.25) is 0 Å². The van der Waals surface area contributed by atoms with Crippen LogP contribution in [0.3, 0.4) is 0 Å². The Morgan fingerprint density at radius 3 is 2.00 bits per heavy atom. The van der Waals surface area contributed by atoms with Crippen molar-refractivity contribution < 1.29 is 9.53 Å². The van der Waals surface area contributed by atoms with Crippen LogP contribution >= 0.6 is 0 Å².